The number of ether oxygens (including phenoxy) is 1. The Labute approximate surface area is 206 Å². The number of hydrogen-bond donors (Lipinski definition) is 1. The fourth-order valence-electron chi connectivity index (χ4n) is 3.82. The molecule has 34 heavy (non-hydrogen) atoms. The molecule has 2 aromatic heterocycles. The van der Waals surface area contributed by atoms with E-state index in [0.29, 0.717) is 11.6 Å². The highest BCUT2D eigenvalue weighted by Gasteiger charge is 2.17. The van der Waals surface area contributed by atoms with Crippen molar-refractivity contribution in [2.75, 3.05) is 42.3 Å². The van der Waals surface area contributed by atoms with Crippen LogP contribution in [0.5, 0.6) is 0 Å². The van der Waals surface area contributed by atoms with Gasteiger partial charge in [0.15, 0.2) is 5.16 Å². The van der Waals surface area contributed by atoms with Crippen LogP contribution in [0.25, 0.3) is 5.69 Å². The van der Waals surface area contributed by atoms with E-state index in [2.05, 4.69) is 31.9 Å². The van der Waals surface area contributed by atoms with Crippen molar-refractivity contribution < 1.29 is 9.53 Å². The number of benzene rings is 2. The number of carbonyl (C=O) groups is 1. The highest BCUT2D eigenvalue weighted by atomic mass is 32.2. The van der Waals surface area contributed by atoms with E-state index in [1.807, 2.05) is 65.2 Å². The number of aromatic nitrogens is 3. The zero-order valence-corrected chi connectivity index (χ0v) is 20.2. The fraction of sp³-hybridized carbons (Fsp3) is 0.240. The molecule has 9 heteroatoms. The molecule has 5 rings (SSSR count). The van der Waals surface area contributed by atoms with Gasteiger partial charge in [-0.1, -0.05) is 36.0 Å². The Morgan fingerprint density at radius 3 is 2.50 bits per heavy atom. The van der Waals surface area contributed by atoms with Crippen LogP contribution >= 0.6 is 23.1 Å². The molecule has 4 aromatic rings. The first-order valence-corrected chi connectivity index (χ1v) is 13.0. The molecule has 0 saturated carbocycles. The Kier molecular flexibility index (Phi) is 7.23. The number of amides is 1. The van der Waals surface area contributed by atoms with Gasteiger partial charge in [-0.25, -0.2) is 0 Å². The molecule has 0 aliphatic carbocycles. The van der Waals surface area contributed by atoms with E-state index in [9.17, 15) is 4.79 Å². The summed E-state index contributed by atoms with van der Waals surface area (Å²) in [6.07, 6.45) is 0.696. The minimum atomic E-state index is -0.0773. The first-order valence-electron chi connectivity index (χ1n) is 11.1. The van der Waals surface area contributed by atoms with E-state index in [4.69, 9.17) is 4.74 Å². The predicted molar refractivity (Wildman–Crippen MR) is 137 cm³/mol. The summed E-state index contributed by atoms with van der Waals surface area (Å²) in [5.74, 6) is 1.02. The molecule has 0 radical (unpaired) electrons. The predicted octanol–water partition coefficient (Wildman–Crippen LogP) is 4.49. The van der Waals surface area contributed by atoms with Crippen LogP contribution in [0.15, 0.2) is 77.3 Å². The third kappa shape index (κ3) is 5.49. The Bertz CT molecular complexity index is 1200. The maximum atomic E-state index is 12.7. The van der Waals surface area contributed by atoms with Gasteiger partial charge in [0, 0.05) is 41.4 Å². The van der Waals surface area contributed by atoms with E-state index in [0.717, 1.165) is 49.2 Å². The van der Waals surface area contributed by atoms with Crippen LogP contribution in [0, 0.1) is 0 Å². The summed E-state index contributed by atoms with van der Waals surface area (Å²) in [7, 11) is 0. The second kappa shape index (κ2) is 10.9. The van der Waals surface area contributed by atoms with E-state index < -0.39 is 0 Å². The fourth-order valence-corrected chi connectivity index (χ4v) is 5.29. The number of anilines is 2. The lowest BCUT2D eigenvalue weighted by Crippen LogP contribution is -2.36. The number of rotatable bonds is 8. The van der Waals surface area contributed by atoms with Crippen LogP contribution in [0.2, 0.25) is 0 Å². The first kappa shape index (κ1) is 22.6. The van der Waals surface area contributed by atoms with Crippen molar-refractivity contribution in [1.29, 1.82) is 0 Å². The van der Waals surface area contributed by atoms with Gasteiger partial charge >= 0.3 is 0 Å². The van der Waals surface area contributed by atoms with Gasteiger partial charge in [0.05, 0.1) is 19.0 Å². The van der Waals surface area contributed by atoms with Crippen LogP contribution in [-0.4, -0.2) is 52.7 Å². The van der Waals surface area contributed by atoms with Crippen molar-refractivity contribution in [1.82, 2.24) is 14.8 Å². The molecule has 0 bridgehead atoms. The molecular formula is C25H25N5O2S2. The number of nitrogens with zero attached hydrogens (tertiary/aromatic N) is 4. The molecule has 1 amide bonds. The van der Waals surface area contributed by atoms with Crippen molar-refractivity contribution in [3.05, 3.63) is 82.8 Å². The number of thioether (sulfide) groups is 1. The summed E-state index contributed by atoms with van der Waals surface area (Å²) in [6.45, 7) is 3.27. The summed E-state index contributed by atoms with van der Waals surface area (Å²) in [6, 6.07) is 22.1. The SMILES string of the molecule is O=C(CSc1nnc(Cc2cccs2)n1-c1ccccc1)Nc1ccc(N2CCOCC2)cc1. The molecule has 0 atom stereocenters. The molecule has 1 N–H and O–H groups in total. The van der Waals surface area contributed by atoms with Gasteiger partial charge in [-0.05, 0) is 47.8 Å². The number of carbonyl (C=O) groups excluding carboxylic acids is 1. The van der Waals surface area contributed by atoms with Crippen molar-refractivity contribution in [3.8, 4) is 5.69 Å². The number of hydrogen-bond acceptors (Lipinski definition) is 7. The topological polar surface area (TPSA) is 72.3 Å². The molecule has 1 saturated heterocycles. The minimum Gasteiger partial charge on any atom is -0.378 e. The van der Waals surface area contributed by atoms with Crippen LogP contribution < -0.4 is 10.2 Å². The highest BCUT2D eigenvalue weighted by Crippen LogP contribution is 2.25. The monoisotopic (exact) mass is 491 g/mol. The van der Waals surface area contributed by atoms with Gasteiger partial charge in [-0.3, -0.25) is 9.36 Å². The van der Waals surface area contributed by atoms with E-state index >= 15 is 0 Å². The molecule has 1 fully saturated rings. The highest BCUT2D eigenvalue weighted by molar-refractivity contribution is 7.99. The quantitative estimate of drug-likeness (QED) is 0.366. The average Bonchev–Trinajstić information content (AvgIpc) is 3.54. The van der Waals surface area contributed by atoms with E-state index in [1.54, 1.807) is 11.3 Å². The van der Waals surface area contributed by atoms with Crippen LogP contribution in [0.1, 0.15) is 10.7 Å². The Balaban J connectivity index is 1.24. The van der Waals surface area contributed by atoms with Crippen molar-refractivity contribution >= 4 is 40.4 Å². The van der Waals surface area contributed by atoms with Crippen molar-refractivity contribution in [3.63, 3.8) is 0 Å². The molecule has 0 spiro atoms. The number of para-hydroxylation sites is 1. The van der Waals surface area contributed by atoms with E-state index in [-0.39, 0.29) is 11.7 Å². The molecule has 2 aromatic carbocycles. The zero-order chi connectivity index (χ0) is 23.2. The van der Waals surface area contributed by atoms with Crippen LogP contribution in [-0.2, 0) is 16.0 Å². The van der Waals surface area contributed by atoms with Gasteiger partial charge in [0.25, 0.3) is 0 Å². The summed E-state index contributed by atoms with van der Waals surface area (Å²) in [4.78, 5) is 16.2. The smallest absolute Gasteiger partial charge is 0.234 e. The largest absolute Gasteiger partial charge is 0.378 e. The normalized spacial score (nSPS) is 13.7. The minimum absolute atomic E-state index is 0.0773. The summed E-state index contributed by atoms with van der Waals surface area (Å²) in [5.41, 5.74) is 2.91. The van der Waals surface area contributed by atoms with Gasteiger partial charge in [0.2, 0.25) is 5.91 Å². The van der Waals surface area contributed by atoms with E-state index in [1.165, 1.54) is 16.6 Å². The average molecular weight is 492 g/mol. The molecule has 174 valence electrons. The maximum absolute atomic E-state index is 12.7. The molecule has 0 unspecified atom stereocenters. The summed E-state index contributed by atoms with van der Waals surface area (Å²) >= 11 is 3.09. The molecular weight excluding hydrogens is 466 g/mol. The number of morpholine rings is 1. The lowest BCUT2D eigenvalue weighted by Gasteiger charge is -2.28. The first-order chi connectivity index (χ1) is 16.8. The van der Waals surface area contributed by atoms with Crippen molar-refractivity contribution in [2.45, 2.75) is 11.6 Å². The van der Waals surface area contributed by atoms with Crippen molar-refractivity contribution in [2.24, 2.45) is 0 Å². The van der Waals surface area contributed by atoms with Gasteiger partial charge in [-0.2, -0.15) is 0 Å². The number of thiophene rings is 1. The molecule has 1 aliphatic rings. The summed E-state index contributed by atoms with van der Waals surface area (Å²) < 4.78 is 7.45. The lowest BCUT2D eigenvalue weighted by molar-refractivity contribution is -0.113. The Hall–Kier alpha value is -3.14. The third-order valence-electron chi connectivity index (χ3n) is 5.49. The lowest BCUT2D eigenvalue weighted by atomic mass is 10.2. The third-order valence-corrected chi connectivity index (χ3v) is 7.29. The van der Waals surface area contributed by atoms with Crippen LogP contribution in [0.4, 0.5) is 11.4 Å². The Morgan fingerprint density at radius 1 is 0.971 bits per heavy atom. The second-order valence-corrected chi connectivity index (χ2v) is 9.78. The zero-order valence-electron chi connectivity index (χ0n) is 18.6. The van der Waals surface area contributed by atoms with Gasteiger partial charge in [0.1, 0.15) is 5.82 Å². The maximum Gasteiger partial charge on any atom is 0.234 e. The molecule has 3 heterocycles. The van der Waals surface area contributed by atoms with Gasteiger partial charge in [-0.15, -0.1) is 21.5 Å². The number of nitrogens with one attached hydrogen (secondary N) is 1. The molecule has 7 nitrogen and oxygen atoms in total. The van der Waals surface area contributed by atoms with Gasteiger partial charge < -0.3 is 15.0 Å². The molecule has 1 aliphatic heterocycles. The standard InChI is InChI=1S/C25H25N5O2S2/c31-24(26-19-8-10-20(11-9-19)29-12-14-32-15-13-29)18-34-25-28-27-23(17-22-7-4-16-33-22)30(25)21-5-2-1-3-6-21/h1-11,16H,12-15,17-18H2,(H,26,31). The van der Waals surface area contributed by atoms with Crippen LogP contribution in [0.3, 0.4) is 0 Å². The summed E-state index contributed by atoms with van der Waals surface area (Å²) in [5, 5.41) is 14.6. The Morgan fingerprint density at radius 2 is 1.76 bits per heavy atom. The second-order valence-electron chi connectivity index (χ2n) is 7.81.